The number of carbonyl (C=O) groups is 1. The fraction of sp³-hybridized carbons (Fsp3) is 0.190. The first-order chi connectivity index (χ1) is 16.9. The minimum atomic E-state index is -5.02. The molecule has 0 bridgehead atoms. The summed E-state index contributed by atoms with van der Waals surface area (Å²) in [5.74, 6) is -1.94. The summed E-state index contributed by atoms with van der Waals surface area (Å²) in [6.07, 6.45) is 0. The molecule has 0 atom stereocenters. The Hall–Kier alpha value is -4.66. The highest BCUT2D eigenvalue weighted by atomic mass is 32.2. The number of benzene rings is 2. The molecule has 2 aromatic carbocycles. The topological polar surface area (TPSA) is 191 Å². The van der Waals surface area contributed by atoms with Gasteiger partial charge in [-0.3, -0.25) is 25.0 Å². The van der Waals surface area contributed by atoms with E-state index in [0.717, 1.165) is 11.6 Å². The number of hydrogen-bond acceptors (Lipinski definition) is 11. The highest BCUT2D eigenvalue weighted by Crippen LogP contribution is 2.32. The minimum absolute atomic E-state index is 0.119. The number of ether oxygens (including phenoxy) is 1. The molecule has 1 heterocycles. The molecule has 188 valence electrons. The summed E-state index contributed by atoms with van der Waals surface area (Å²) in [6, 6.07) is 8.38. The lowest BCUT2D eigenvalue weighted by Crippen LogP contribution is -2.26. The van der Waals surface area contributed by atoms with Crippen molar-refractivity contribution >= 4 is 27.5 Å². The summed E-state index contributed by atoms with van der Waals surface area (Å²) in [7, 11) is -5.02. The van der Waals surface area contributed by atoms with Crippen LogP contribution in [0.1, 0.15) is 28.5 Å². The normalized spacial score (nSPS) is 11.1. The van der Waals surface area contributed by atoms with E-state index in [4.69, 9.17) is 8.92 Å². The van der Waals surface area contributed by atoms with Crippen molar-refractivity contribution < 1.29 is 32.0 Å². The van der Waals surface area contributed by atoms with Gasteiger partial charge < -0.3 is 8.92 Å². The summed E-state index contributed by atoms with van der Waals surface area (Å²) in [6.45, 7) is 4.13. The molecule has 0 spiro atoms. The van der Waals surface area contributed by atoms with Crippen LogP contribution in [0, 0.1) is 34.1 Å². The molecule has 0 aliphatic carbocycles. The molecule has 0 amide bonds. The largest absolute Gasteiger partial charge is 0.461 e. The van der Waals surface area contributed by atoms with E-state index in [9.17, 15) is 38.2 Å². The van der Waals surface area contributed by atoms with Crippen LogP contribution in [0.3, 0.4) is 0 Å². The van der Waals surface area contributed by atoms with Gasteiger partial charge in [-0.2, -0.15) is 18.2 Å². The number of aryl methyl sites for hydroxylation is 1. The Morgan fingerprint density at radius 3 is 2.17 bits per heavy atom. The second-order valence-electron chi connectivity index (χ2n) is 7.25. The number of carbonyl (C=O) groups excluding carboxylic acids is 1. The van der Waals surface area contributed by atoms with E-state index < -0.39 is 59.2 Å². The highest BCUT2D eigenvalue weighted by Gasteiger charge is 2.31. The lowest BCUT2D eigenvalue weighted by Gasteiger charge is -2.13. The molecule has 0 N–H and O–H groups in total. The molecule has 36 heavy (non-hydrogen) atoms. The zero-order valence-electron chi connectivity index (χ0n) is 19.0. The predicted molar refractivity (Wildman–Crippen MR) is 123 cm³/mol. The van der Waals surface area contributed by atoms with E-state index in [-0.39, 0.29) is 12.2 Å². The first-order valence-corrected chi connectivity index (χ1v) is 11.5. The van der Waals surface area contributed by atoms with Crippen molar-refractivity contribution in [3.8, 4) is 11.4 Å². The van der Waals surface area contributed by atoms with Crippen molar-refractivity contribution in [2.45, 2.75) is 25.7 Å². The summed E-state index contributed by atoms with van der Waals surface area (Å²) in [5.41, 5.74) is -2.70. The van der Waals surface area contributed by atoms with E-state index >= 15 is 0 Å². The van der Waals surface area contributed by atoms with Gasteiger partial charge in [0.05, 0.1) is 28.2 Å². The van der Waals surface area contributed by atoms with E-state index in [2.05, 4.69) is 5.10 Å². The molecule has 3 rings (SSSR count). The van der Waals surface area contributed by atoms with Crippen molar-refractivity contribution in [1.29, 1.82) is 0 Å². The summed E-state index contributed by atoms with van der Waals surface area (Å²) in [5, 5.41) is 26.6. The predicted octanol–water partition coefficient (Wildman–Crippen LogP) is 2.61. The third-order valence-electron chi connectivity index (χ3n) is 4.92. The average molecular weight is 518 g/mol. The van der Waals surface area contributed by atoms with Gasteiger partial charge in [0.2, 0.25) is 5.69 Å². The number of para-hydroxylation sites is 1. The number of nitrogens with zero attached hydrogens (tertiary/aromatic N) is 4. The lowest BCUT2D eigenvalue weighted by atomic mass is 10.1. The molecule has 0 fully saturated rings. The lowest BCUT2D eigenvalue weighted by molar-refractivity contribution is -0.395. The molecular formula is C21H18N4O10S. The van der Waals surface area contributed by atoms with Gasteiger partial charge >= 0.3 is 16.1 Å². The SMILES string of the molecule is CCOC(=O)c1nn(-c2ccccc2C)c(=O)cc1OS(=O)(=O)c1cc([N+](=O)[O-])c(C)c([N+](=O)[O-])c1. The quantitative estimate of drug-likeness (QED) is 0.184. The Bertz CT molecular complexity index is 1530. The molecule has 0 saturated carbocycles. The maximum absolute atomic E-state index is 13.0. The number of aromatic nitrogens is 2. The van der Waals surface area contributed by atoms with Gasteiger partial charge in [0.1, 0.15) is 10.5 Å². The smallest absolute Gasteiger partial charge is 0.362 e. The molecule has 0 unspecified atom stereocenters. The Morgan fingerprint density at radius 2 is 1.64 bits per heavy atom. The fourth-order valence-corrected chi connectivity index (χ4v) is 4.14. The molecule has 3 aromatic rings. The minimum Gasteiger partial charge on any atom is -0.461 e. The van der Waals surface area contributed by atoms with Crippen LogP contribution >= 0.6 is 0 Å². The van der Waals surface area contributed by atoms with Crippen LogP contribution in [0.4, 0.5) is 11.4 Å². The Balaban J connectivity index is 2.20. The molecule has 1 aromatic heterocycles. The first-order valence-electron chi connectivity index (χ1n) is 10.1. The van der Waals surface area contributed by atoms with Gasteiger partial charge in [-0.1, -0.05) is 18.2 Å². The number of esters is 1. The van der Waals surface area contributed by atoms with Gasteiger partial charge in [-0.25, -0.2) is 4.79 Å². The molecule has 14 nitrogen and oxygen atoms in total. The molecule has 0 radical (unpaired) electrons. The summed E-state index contributed by atoms with van der Waals surface area (Å²) >= 11 is 0. The van der Waals surface area contributed by atoms with Crippen LogP contribution in [-0.2, 0) is 14.9 Å². The maximum Gasteiger partial charge on any atom is 0.362 e. The van der Waals surface area contributed by atoms with Crippen molar-refractivity contribution in [3.63, 3.8) is 0 Å². The molecule has 0 aliphatic rings. The zero-order chi connectivity index (χ0) is 26.8. The van der Waals surface area contributed by atoms with Gasteiger partial charge in [0, 0.05) is 12.1 Å². The number of nitro benzene ring substituents is 2. The highest BCUT2D eigenvalue weighted by molar-refractivity contribution is 7.87. The van der Waals surface area contributed by atoms with E-state index in [1.165, 1.54) is 6.92 Å². The fourth-order valence-electron chi connectivity index (χ4n) is 3.17. The Kier molecular flexibility index (Phi) is 7.14. The van der Waals surface area contributed by atoms with Crippen LogP contribution in [-0.4, -0.2) is 40.6 Å². The van der Waals surface area contributed by atoms with Crippen molar-refractivity contribution in [1.82, 2.24) is 9.78 Å². The van der Waals surface area contributed by atoms with Gasteiger partial charge in [0.25, 0.3) is 16.9 Å². The third kappa shape index (κ3) is 5.05. The first kappa shape index (κ1) is 26.0. The zero-order valence-corrected chi connectivity index (χ0v) is 19.8. The molecular weight excluding hydrogens is 500 g/mol. The third-order valence-corrected chi connectivity index (χ3v) is 6.13. The monoisotopic (exact) mass is 518 g/mol. The van der Waals surface area contributed by atoms with E-state index in [0.29, 0.717) is 29.4 Å². The standard InChI is InChI=1S/C21H18N4O10S/c1-4-34-21(27)20-18(11-19(26)23(22-20)15-8-6-5-7-12(15)2)35-36(32,33)14-9-16(24(28)29)13(3)17(10-14)25(30)31/h5-11H,4H2,1-3H3. The molecule has 15 heteroatoms. The van der Waals surface area contributed by atoms with Crippen molar-refractivity contribution in [2.75, 3.05) is 6.61 Å². The van der Waals surface area contributed by atoms with Crippen molar-refractivity contribution in [3.05, 3.63) is 89.9 Å². The summed E-state index contributed by atoms with van der Waals surface area (Å²) < 4.78 is 36.6. The van der Waals surface area contributed by atoms with E-state index in [1.54, 1.807) is 31.2 Å². The maximum atomic E-state index is 13.0. The molecule has 0 saturated heterocycles. The van der Waals surface area contributed by atoms with Crippen molar-refractivity contribution in [2.24, 2.45) is 0 Å². The Morgan fingerprint density at radius 1 is 1.06 bits per heavy atom. The average Bonchev–Trinajstić information content (AvgIpc) is 2.79. The van der Waals surface area contributed by atoms with Crippen LogP contribution in [0.2, 0.25) is 0 Å². The second kappa shape index (κ2) is 9.91. The van der Waals surface area contributed by atoms with Crippen LogP contribution in [0.5, 0.6) is 5.75 Å². The van der Waals surface area contributed by atoms with Crippen LogP contribution < -0.4 is 9.74 Å². The van der Waals surface area contributed by atoms with Gasteiger partial charge in [-0.15, -0.1) is 0 Å². The molecule has 0 aliphatic heterocycles. The van der Waals surface area contributed by atoms with Gasteiger partial charge in [0.15, 0.2) is 5.75 Å². The van der Waals surface area contributed by atoms with Gasteiger partial charge in [-0.05, 0) is 32.4 Å². The summed E-state index contributed by atoms with van der Waals surface area (Å²) in [4.78, 5) is 45.1. The van der Waals surface area contributed by atoms with E-state index in [1.807, 2.05) is 0 Å². The number of rotatable bonds is 8. The number of nitro groups is 2. The van der Waals surface area contributed by atoms with Crippen LogP contribution in [0.25, 0.3) is 5.69 Å². The second-order valence-corrected chi connectivity index (χ2v) is 8.80. The number of hydrogen-bond donors (Lipinski definition) is 0. The van der Waals surface area contributed by atoms with Crippen LogP contribution in [0.15, 0.2) is 52.2 Å². The Labute approximate surface area is 203 Å².